The molecule has 1 amide bonds. The van der Waals surface area contributed by atoms with Crippen molar-refractivity contribution < 1.29 is 13.2 Å². The maximum Gasteiger partial charge on any atom is 0.282 e. The molecule has 0 fully saturated rings. The quantitative estimate of drug-likeness (QED) is 0.684. The standard InChI is InChI=1S/C17H18N4O3S2/c1-11-16(12(2)20(3)19-11)21(26(4,23)24)17(22)15-9-8-14(25-15)13-7-5-6-10-18-13/h5-10H,1-4H3. The molecule has 26 heavy (non-hydrogen) atoms. The molecule has 3 rings (SSSR count). The fourth-order valence-electron chi connectivity index (χ4n) is 2.67. The summed E-state index contributed by atoms with van der Waals surface area (Å²) in [7, 11) is -2.12. The molecule has 0 spiro atoms. The van der Waals surface area contributed by atoms with Gasteiger partial charge in [-0.15, -0.1) is 11.3 Å². The second-order valence-corrected chi connectivity index (χ2v) is 8.77. The molecule has 7 nitrogen and oxygen atoms in total. The Bertz CT molecular complexity index is 1070. The van der Waals surface area contributed by atoms with Crippen LogP contribution in [0, 0.1) is 13.8 Å². The van der Waals surface area contributed by atoms with Gasteiger partial charge in [-0.25, -0.2) is 8.42 Å². The molecule has 3 aromatic rings. The average molecular weight is 390 g/mol. The summed E-state index contributed by atoms with van der Waals surface area (Å²) in [6.45, 7) is 3.41. The molecule has 0 unspecified atom stereocenters. The van der Waals surface area contributed by atoms with Gasteiger partial charge in [0.05, 0.1) is 33.1 Å². The first-order chi connectivity index (χ1) is 12.2. The largest absolute Gasteiger partial charge is 0.282 e. The Hall–Kier alpha value is -2.52. The van der Waals surface area contributed by atoms with Crippen LogP contribution in [-0.2, 0) is 17.1 Å². The Labute approximate surface area is 156 Å². The Balaban J connectivity index is 2.07. The molecule has 136 valence electrons. The number of thiophene rings is 1. The number of sulfonamides is 1. The number of aryl methyl sites for hydroxylation is 2. The lowest BCUT2D eigenvalue weighted by molar-refractivity contribution is 0.101. The molecule has 0 saturated carbocycles. The lowest BCUT2D eigenvalue weighted by Gasteiger charge is -2.20. The van der Waals surface area contributed by atoms with Gasteiger partial charge in [-0.2, -0.15) is 9.40 Å². The van der Waals surface area contributed by atoms with Gasteiger partial charge < -0.3 is 0 Å². The molecule has 0 bridgehead atoms. The molecule has 3 heterocycles. The number of carbonyl (C=O) groups is 1. The highest BCUT2D eigenvalue weighted by Gasteiger charge is 2.32. The zero-order valence-corrected chi connectivity index (χ0v) is 16.4. The summed E-state index contributed by atoms with van der Waals surface area (Å²) < 4.78 is 27.2. The third-order valence-corrected chi connectivity index (χ3v) is 6.03. The molecular formula is C17H18N4O3S2. The van der Waals surface area contributed by atoms with E-state index in [-0.39, 0.29) is 0 Å². The lowest BCUT2D eigenvalue weighted by atomic mass is 10.3. The van der Waals surface area contributed by atoms with Crippen LogP contribution in [0.3, 0.4) is 0 Å². The van der Waals surface area contributed by atoms with E-state index in [0.717, 1.165) is 21.1 Å². The maximum atomic E-state index is 13.1. The van der Waals surface area contributed by atoms with Crippen molar-refractivity contribution in [2.24, 2.45) is 7.05 Å². The Kier molecular flexibility index (Phi) is 4.68. The minimum atomic E-state index is -3.83. The van der Waals surface area contributed by atoms with Crippen LogP contribution in [0.25, 0.3) is 10.6 Å². The van der Waals surface area contributed by atoms with E-state index in [1.54, 1.807) is 43.9 Å². The summed E-state index contributed by atoms with van der Waals surface area (Å²) in [5.41, 5.74) is 2.11. The number of rotatable bonds is 4. The van der Waals surface area contributed by atoms with E-state index < -0.39 is 15.9 Å². The van der Waals surface area contributed by atoms with Crippen LogP contribution >= 0.6 is 11.3 Å². The minimum absolute atomic E-state index is 0.299. The minimum Gasteiger partial charge on any atom is -0.270 e. The lowest BCUT2D eigenvalue weighted by Crippen LogP contribution is -2.36. The van der Waals surface area contributed by atoms with Gasteiger partial charge in [0.15, 0.2) is 0 Å². The summed E-state index contributed by atoms with van der Waals surface area (Å²) in [6, 6.07) is 8.89. The average Bonchev–Trinajstić information content (AvgIpc) is 3.16. The summed E-state index contributed by atoms with van der Waals surface area (Å²) in [6.07, 6.45) is 2.69. The zero-order valence-electron chi connectivity index (χ0n) is 14.8. The van der Waals surface area contributed by atoms with Gasteiger partial charge in [-0.1, -0.05) is 6.07 Å². The fourth-order valence-corrected chi connectivity index (χ4v) is 4.64. The number of nitrogens with zero attached hydrogens (tertiary/aromatic N) is 4. The normalized spacial score (nSPS) is 11.5. The smallest absolute Gasteiger partial charge is 0.270 e. The summed E-state index contributed by atoms with van der Waals surface area (Å²) in [4.78, 5) is 18.4. The summed E-state index contributed by atoms with van der Waals surface area (Å²) in [5.74, 6) is -0.598. The zero-order chi connectivity index (χ0) is 19.1. The second kappa shape index (κ2) is 6.65. The number of hydrogen-bond donors (Lipinski definition) is 0. The van der Waals surface area contributed by atoms with Crippen molar-refractivity contribution in [2.75, 3.05) is 10.6 Å². The van der Waals surface area contributed by atoms with E-state index in [9.17, 15) is 13.2 Å². The Morgan fingerprint density at radius 2 is 1.92 bits per heavy atom. The van der Waals surface area contributed by atoms with Crippen LogP contribution in [0.4, 0.5) is 5.69 Å². The van der Waals surface area contributed by atoms with Gasteiger partial charge in [0.1, 0.15) is 5.69 Å². The van der Waals surface area contributed by atoms with Crippen molar-refractivity contribution in [1.29, 1.82) is 0 Å². The van der Waals surface area contributed by atoms with Crippen LogP contribution in [0.5, 0.6) is 0 Å². The highest BCUT2D eigenvalue weighted by atomic mass is 32.2. The topological polar surface area (TPSA) is 85.2 Å². The summed E-state index contributed by atoms with van der Waals surface area (Å²) in [5, 5.41) is 4.23. The predicted octanol–water partition coefficient (Wildman–Crippen LogP) is 2.77. The SMILES string of the molecule is Cc1nn(C)c(C)c1N(C(=O)c1ccc(-c2ccccn2)s1)S(C)(=O)=O. The van der Waals surface area contributed by atoms with Crippen LogP contribution < -0.4 is 4.31 Å². The molecule has 0 aliphatic carbocycles. The van der Waals surface area contributed by atoms with E-state index in [1.807, 2.05) is 18.2 Å². The van der Waals surface area contributed by atoms with E-state index in [2.05, 4.69) is 10.1 Å². The van der Waals surface area contributed by atoms with Crippen molar-refractivity contribution in [2.45, 2.75) is 13.8 Å². The maximum absolute atomic E-state index is 13.1. The predicted molar refractivity (Wildman–Crippen MR) is 102 cm³/mol. The number of aromatic nitrogens is 3. The fraction of sp³-hybridized carbons (Fsp3) is 0.235. The third-order valence-electron chi connectivity index (χ3n) is 3.92. The molecular weight excluding hydrogens is 372 g/mol. The summed E-state index contributed by atoms with van der Waals surface area (Å²) >= 11 is 1.21. The van der Waals surface area contributed by atoms with Crippen LogP contribution in [0.2, 0.25) is 0 Å². The van der Waals surface area contributed by atoms with Crippen molar-refractivity contribution in [3.8, 4) is 10.6 Å². The Morgan fingerprint density at radius 3 is 2.46 bits per heavy atom. The highest BCUT2D eigenvalue weighted by Crippen LogP contribution is 2.32. The monoisotopic (exact) mass is 390 g/mol. The van der Waals surface area contributed by atoms with E-state index in [1.165, 1.54) is 11.3 Å². The van der Waals surface area contributed by atoms with Crippen LogP contribution in [-0.4, -0.2) is 35.3 Å². The number of hydrogen-bond acceptors (Lipinski definition) is 6. The molecule has 0 N–H and O–H groups in total. The van der Waals surface area contributed by atoms with Crippen LogP contribution in [0.15, 0.2) is 36.5 Å². The van der Waals surface area contributed by atoms with Crippen LogP contribution in [0.1, 0.15) is 21.1 Å². The first-order valence-corrected chi connectivity index (χ1v) is 10.4. The molecule has 0 atom stereocenters. The molecule has 9 heteroatoms. The van der Waals surface area contributed by atoms with Gasteiger partial charge >= 0.3 is 0 Å². The first-order valence-electron chi connectivity index (χ1n) is 7.76. The molecule has 0 aliphatic heterocycles. The van der Waals surface area contributed by atoms with Gasteiger partial charge in [-0.05, 0) is 38.1 Å². The molecule has 3 aromatic heterocycles. The third kappa shape index (κ3) is 3.27. The van der Waals surface area contributed by atoms with E-state index >= 15 is 0 Å². The molecule has 0 aromatic carbocycles. The van der Waals surface area contributed by atoms with Crippen molar-refractivity contribution in [1.82, 2.24) is 14.8 Å². The van der Waals surface area contributed by atoms with Gasteiger partial charge in [-0.3, -0.25) is 14.5 Å². The number of carbonyl (C=O) groups excluding carboxylic acids is 1. The molecule has 0 saturated heterocycles. The first kappa shape index (κ1) is 18.3. The number of amides is 1. The number of anilines is 1. The second-order valence-electron chi connectivity index (χ2n) is 5.85. The van der Waals surface area contributed by atoms with E-state index in [0.29, 0.717) is 22.0 Å². The number of pyridine rings is 1. The molecule has 0 aliphatic rings. The van der Waals surface area contributed by atoms with Crippen molar-refractivity contribution in [3.63, 3.8) is 0 Å². The van der Waals surface area contributed by atoms with Gasteiger partial charge in [0, 0.05) is 13.2 Å². The van der Waals surface area contributed by atoms with Gasteiger partial charge in [0.2, 0.25) is 10.0 Å². The molecule has 0 radical (unpaired) electrons. The van der Waals surface area contributed by atoms with Gasteiger partial charge in [0.25, 0.3) is 5.91 Å². The van der Waals surface area contributed by atoms with Crippen molar-refractivity contribution in [3.05, 3.63) is 52.8 Å². The van der Waals surface area contributed by atoms with Crippen molar-refractivity contribution >= 4 is 33.0 Å². The Morgan fingerprint density at radius 1 is 1.19 bits per heavy atom. The highest BCUT2D eigenvalue weighted by molar-refractivity contribution is 7.92. The van der Waals surface area contributed by atoms with E-state index in [4.69, 9.17) is 0 Å².